The molecule has 2 aliphatic heterocycles. The molecule has 1 saturated heterocycles. The number of guanidine groups is 1. The summed E-state index contributed by atoms with van der Waals surface area (Å²) >= 11 is 0. The Labute approximate surface area is 192 Å². The molecule has 2 N–H and O–H groups in total. The van der Waals surface area contributed by atoms with Crippen LogP contribution in [0.5, 0.6) is 0 Å². The lowest BCUT2D eigenvalue weighted by atomic mass is 9.95. The van der Waals surface area contributed by atoms with Gasteiger partial charge < -0.3 is 20.3 Å². The second kappa shape index (κ2) is 11.0. The predicted molar refractivity (Wildman–Crippen MR) is 126 cm³/mol. The van der Waals surface area contributed by atoms with E-state index in [1.807, 2.05) is 30.4 Å². The Kier molecular flexibility index (Phi) is 8.37. The van der Waals surface area contributed by atoms with Crippen LogP contribution in [0.15, 0.2) is 4.99 Å². The van der Waals surface area contributed by atoms with Crippen molar-refractivity contribution in [2.45, 2.75) is 91.3 Å². The van der Waals surface area contributed by atoms with E-state index in [0.717, 1.165) is 88.9 Å². The third-order valence-electron chi connectivity index (χ3n) is 5.88. The maximum Gasteiger partial charge on any atom is 0.410 e. The van der Waals surface area contributed by atoms with Crippen molar-refractivity contribution in [3.63, 3.8) is 0 Å². The molecule has 1 aromatic heterocycles. The van der Waals surface area contributed by atoms with Crippen LogP contribution in [0.4, 0.5) is 4.79 Å². The molecule has 32 heavy (non-hydrogen) atoms. The smallest absolute Gasteiger partial charge is 0.410 e. The van der Waals surface area contributed by atoms with Crippen molar-refractivity contribution in [3.8, 4) is 0 Å². The highest BCUT2D eigenvalue weighted by Gasteiger charge is 2.27. The number of aryl methyl sites for hydroxylation is 2. The Morgan fingerprint density at radius 3 is 2.78 bits per heavy atom. The summed E-state index contributed by atoms with van der Waals surface area (Å²) in [6.45, 7) is 13.8. The van der Waals surface area contributed by atoms with E-state index < -0.39 is 5.60 Å². The number of nitrogens with one attached hydrogen (secondary N) is 2. The summed E-state index contributed by atoms with van der Waals surface area (Å²) in [5.41, 5.74) is -0.453. The molecule has 1 aromatic rings. The first-order valence-electron chi connectivity index (χ1n) is 12.2. The lowest BCUT2D eigenvalue weighted by Gasteiger charge is -2.34. The summed E-state index contributed by atoms with van der Waals surface area (Å²) in [4.78, 5) is 23.7. The third-order valence-corrected chi connectivity index (χ3v) is 5.88. The van der Waals surface area contributed by atoms with Crippen LogP contribution in [0.1, 0.15) is 72.0 Å². The average molecular weight is 448 g/mol. The van der Waals surface area contributed by atoms with Gasteiger partial charge in [0.2, 0.25) is 0 Å². The fraction of sp³-hybridized carbons (Fsp3) is 0.826. The van der Waals surface area contributed by atoms with Gasteiger partial charge in [-0.25, -0.2) is 14.5 Å². The van der Waals surface area contributed by atoms with E-state index in [1.165, 1.54) is 0 Å². The maximum absolute atomic E-state index is 12.4. The van der Waals surface area contributed by atoms with Crippen molar-refractivity contribution >= 4 is 12.1 Å². The summed E-state index contributed by atoms with van der Waals surface area (Å²) in [5.74, 6) is 3.34. The largest absolute Gasteiger partial charge is 0.444 e. The van der Waals surface area contributed by atoms with Gasteiger partial charge in [-0.15, -0.1) is 0 Å². The number of carbonyl (C=O) groups is 1. The Bertz CT molecular complexity index is 784. The maximum atomic E-state index is 12.4. The molecule has 2 atom stereocenters. The van der Waals surface area contributed by atoms with Crippen LogP contribution in [0, 0.1) is 5.92 Å². The van der Waals surface area contributed by atoms with Gasteiger partial charge in [0.15, 0.2) is 11.8 Å². The number of piperidine rings is 1. The van der Waals surface area contributed by atoms with Crippen LogP contribution in [0.3, 0.4) is 0 Å². The van der Waals surface area contributed by atoms with Crippen LogP contribution < -0.4 is 10.6 Å². The topological polar surface area (TPSA) is 96.7 Å². The summed E-state index contributed by atoms with van der Waals surface area (Å²) in [6.07, 6.45) is 5.76. The van der Waals surface area contributed by atoms with Crippen molar-refractivity contribution in [1.29, 1.82) is 0 Å². The number of carbonyl (C=O) groups excluding carboxylic acids is 1. The SMILES string of the molecule is CCNC(=NCCC1CCCN(C(=O)OC(C)(C)C)C1)NC1CCc2nc(CC)nn2C1. The quantitative estimate of drug-likeness (QED) is 0.514. The predicted octanol–water partition coefficient (Wildman–Crippen LogP) is 2.75. The summed E-state index contributed by atoms with van der Waals surface area (Å²) in [7, 11) is 0. The van der Waals surface area contributed by atoms with Crippen LogP contribution in [-0.2, 0) is 24.1 Å². The van der Waals surface area contributed by atoms with Crippen molar-refractivity contribution in [2.24, 2.45) is 10.9 Å². The number of hydrogen-bond acceptors (Lipinski definition) is 5. The fourth-order valence-corrected chi connectivity index (χ4v) is 4.29. The number of nitrogens with zero attached hydrogens (tertiary/aromatic N) is 5. The van der Waals surface area contributed by atoms with E-state index >= 15 is 0 Å². The number of ether oxygens (including phenoxy) is 1. The van der Waals surface area contributed by atoms with Crippen molar-refractivity contribution < 1.29 is 9.53 Å². The van der Waals surface area contributed by atoms with Gasteiger partial charge in [-0.05, 0) is 59.3 Å². The minimum absolute atomic E-state index is 0.197. The highest BCUT2D eigenvalue weighted by Crippen LogP contribution is 2.22. The van der Waals surface area contributed by atoms with E-state index in [0.29, 0.717) is 12.0 Å². The third kappa shape index (κ3) is 7.10. The Hall–Kier alpha value is -2.32. The number of aliphatic imine (C=N–C) groups is 1. The first-order chi connectivity index (χ1) is 15.3. The van der Waals surface area contributed by atoms with Crippen LogP contribution in [0.2, 0.25) is 0 Å². The molecular weight excluding hydrogens is 406 g/mol. The molecule has 3 rings (SSSR count). The molecule has 9 heteroatoms. The van der Waals surface area contributed by atoms with Gasteiger partial charge in [-0.1, -0.05) is 6.92 Å². The second-order valence-electron chi connectivity index (χ2n) is 9.84. The van der Waals surface area contributed by atoms with E-state index in [9.17, 15) is 4.79 Å². The normalized spacial score (nSPS) is 21.8. The molecule has 9 nitrogen and oxygen atoms in total. The molecule has 0 aliphatic carbocycles. The van der Waals surface area contributed by atoms with Gasteiger partial charge in [-0.3, -0.25) is 4.99 Å². The van der Waals surface area contributed by atoms with Crippen molar-refractivity contribution in [3.05, 3.63) is 11.6 Å². The zero-order valence-electron chi connectivity index (χ0n) is 20.5. The van der Waals surface area contributed by atoms with Crippen LogP contribution in [-0.4, -0.2) is 69.5 Å². The number of amides is 1. The molecule has 0 saturated carbocycles. The number of aromatic nitrogens is 3. The lowest BCUT2D eigenvalue weighted by molar-refractivity contribution is 0.0163. The van der Waals surface area contributed by atoms with Gasteiger partial charge >= 0.3 is 6.09 Å². The first kappa shape index (κ1) is 24.3. The summed E-state index contributed by atoms with van der Waals surface area (Å²) in [6, 6.07) is 0.295. The molecule has 1 amide bonds. The Morgan fingerprint density at radius 1 is 1.25 bits per heavy atom. The van der Waals surface area contributed by atoms with Gasteiger partial charge in [0, 0.05) is 45.1 Å². The summed E-state index contributed by atoms with van der Waals surface area (Å²) in [5, 5.41) is 11.6. The van der Waals surface area contributed by atoms with Crippen molar-refractivity contribution in [1.82, 2.24) is 30.3 Å². The fourth-order valence-electron chi connectivity index (χ4n) is 4.29. The molecular formula is C23H41N7O2. The number of hydrogen-bond donors (Lipinski definition) is 2. The van der Waals surface area contributed by atoms with E-state index in [4.69, 9.17) is 9.73 Å². The van der Waals surface area contributed by atoms with Crippen molar-refractivity contribution in [2.75, 3.05) is 26.2 Å². The molecule has 180 valence electrons. The zero-order chi connectivity index (χ0) is 23.1. The molecule has 0 spiro atoms. The van der Waals surface area contributed by atoms with Gasteiger partial charge in [0.25, 0.3) is 0 Å². The Morgan fingerprint density at radius 2 is 2.06 bits per heavy atom. The second-order valence-corrected chi connectivity index (χ2v) is 9.84. The zero-order valence-corrected chi connectivity index (χ0v) is 20.5. The van der Waals surface area contributed by atoms with Gasteiger partial charge in [0.05, 0.1) is 6.54 Å². The standard InChI is InChI=1S/C23H41N7O2/c1-6-19-27-20-11-10-18(16-30(20)28-19)26-21(24-7-2)25-13-12-17-9-8-14-29(15-17)22(31)32-23(3,4)5/h17-18H,6-16H2,1-5H3,(H2,24,25,26). The molecule has 3 heterocycles. The molecule has 0 aromatic carbocycles. The molecule has 1 fully saturated rings. The highest BCUT2D eigenvalue weighted by atomic mass is 16.6. The molecule has 0 radical (unpaired) electrons. The number of likely N-dealkylation sites (tertiary alicyclic amines) is 1. The van der Waals surface area contributed by atoms with Crippen LogP contribution in [0.25, 0.3) is 0 Å². The van der Waals surface area contributed by atoms with E-state index in [1.54, 1.807) is 0 Å². The number of rotatable bonds is 6. The van der Waals surface area contributed by atoms with E-state index in [2.05, 4.69) is 34.6 Å². The minimum Gasteiger partial charge on any atom is -0.444 e. The monoisotopic (exact) mass is 447 g/mol. The van der Waals surface area contributed by atoms with E-state index in [-0.39, 0.29) is 6.09 Å². The lowest BCUT2D eigenvalue weighted by Crippen LogP contribution is -2.47. The highest BCUT2D eigenvalue weighted by molar-refractivity contribution is 5.80. The van der Waals surface area contributed by atoms with Gasteiger partial charge in [0.1, 0.15) is 11.4 Å². The van der Waals surface area contributed by atoms with Crippen LogP contribution >= 0.6 is 0 Å². The first-order valence-corrected chi connectivity index (χ1v) is 12.2. The van der Waals surface area contributed by atoms with Gasteiger partial charge in [-0.2, -0.15) is 5.10 Å². The molecule has 0 bridgehead atoms. The minimum atomic E-state index is -0.453. The molecule has 2 aliphatic rings. The number of fused-ring (bicyclic) bond motifs is 1. The summed E-state index contributed by atoms with van der Waals surface area (Å²) < 4.78 is 7.58. The average Bonchev–Trinajstić information content (AvgIpc) is 3.15. The Balaban J connectivity index is 1.49. The molecule has 2 unspecified atom stereocenters.